The summed E-state index contributed by atoms with van der Waals surface area (Å²) in [6.45, 7) is 0.0304. The molecule has 2 heteroatoms. The normalized spacial score (nSPS) is 51.7. The zero-order chi connectivity index (χ0) is 18.9. The Bertz CT molecular complexity index is 716. The summed E-state index contributed by atoms with van der Waals surface area (Å²) >= 11 is 0. The molecule has 124 valence electrons. The van der Waals surface area contributed by atoms with Crippen molar-refractivity contribution >= 4 is 5.78 Å². The van der Waals surface area contributed by atoms with E-state index in [-0.39, 0.29) is 23.5 Å². The van der Waals surface area contributed by atoms with E-state index in [0.717, 1.165) is 31.3 Å². The Kier molecular flexibility index (Phi) is 2.66. The van der Waals surface area contributed by atoms with Crippen molar-refractivity contribution in [2.24, 2.45) is 29.1 Å². The number of allylic oxidation sites excluding steroid dienone is 2. The van der Waals surface area contributed by atoms with Gasteiger partial charge in [-0.1, -0.05) is 30.8 Å². The number of hydrogen-bond acceptors (Lipinski definition) is 2. The Hall–Kier alpha value is -1.07. The second kappa shape index (κ2) is 4.96. The monoisotopic (exact) mass is 316 g/mol. The third-order valence-corrected chi connectivity index (χ3v) is 7.64. The summed E-state index contributed by atoms with van der Waals surface area (Å²) in [5.74, 6) is 2.89. The Morgan fingerprint density at radius 2 is 2.17 bits per heavy atom. The molecule has 0 saturated heterocycles. The summed E-state index contributed by atoms with van der Waals surface area (Å²) in [5, 5.41) is 11.1. The molecule has 0 aromatic carbocycles. The highest BCUT2D eigenvalue weighted by Gasteiger charge is 2.62. The summed E-state index contributed by atoms with van der Waals surface area (Å²) in [7, 11) is 0. The Morgan fingerprint density at radius 1 is 1.35 bits per heavy atom. The minimum absolute atomic E-state index is 0.0376. The fraction of sp³-hybridized carbons (Fsp3) is 0.762. The number of ketones is 1. The molecule has 0 heterocycles. The number of Topliss-reactive ketones (excluding diaryl/α,β-unsaturated/α-hetero) is 1. The lowest BCUT2D eigenvalue weighted by molar-refractivity contribution is -0.119. The largest absolute Gasteiger partial charge is 0.377 e. The maximum Gasteiger partial charge on any atom is 0.137 e. The van der Waals surface area contributed by atoms with Gasteiger partial charge in [0.25, 0.3) is 0 Å². The number of carbonyl (C=O) groups excluding carboxylic acids is 1. The van der Waals surface area contributed by atoms with E-state index in [1.54, 1.807) is 0 Å². The first-order chi connectivity index (χ1) is 12.1. The zero-order valence-corrected chi connectivity index (χ0v) is 13.9. The maximum absolute atomic E-state index is 12.0. The van der Waals surface area contributed by atoms with Crippen LogP contribution in [0.1, 0.15) is 69.3 Å². The van der Waals surface area contributed by atoms with Crippen LogP contribution in [-0.4, -0.2) is 16.5 Å². The Morgan fingerprint density at radius 3 is 2.91 bits per heavy atom. The minimum Gasteiger partial charge on any atom is -0.377 e. The molecule has 0 aromatic rings. The van der Waals surface area contributed by atoms with Gasteiger partial charge in [-0.3, -0.25) is 4.79 Å². The molecule has 0 spiro atoms. The standard InChI is InChI=1S/C21H28O2/c1-4-21(23)10-8-18-19-13(2)11-14-12-15(22)5-6-16(14)17(19)7-9-20(18,21)3/h1,13,17-19,23H,5-12H2,2-3H3/t13-,17+,18-,19+,20-,21-/m0/s1/i2+1D3. The van der Waals surface area contributed by atoms with Gasteiger partial charge in [-0.15, -0.1) is 6.42 Å². The topological polar surface area (TPSA) is 37.3 Å². The molecule has 23 heavy (non-hydrogen) atoms. The molecule has 0 aromatic heterocycles. The van der Waals surface area contributed by atoms with Gasteiger partial charge in [0.2, 0.25) is 0 Å². The fourth-order valence-corrected chi connectivity index (χ4v) is 6.36. The summed E-state index contributed by atoms with van der Waals surface area (Å²) in [6, 6.07) is 0. The van der Waals surface area contributed by atoms with Crippen LogP contribution in [0, 0.1) is 41.4 Å². The van der Waals surface area contributed by atoms with Gasteiger partial charge >= 0.3 is 0 Å². The van der Waals surface area contributed by atoms with E-state index in [9.17, 15) is 9.90 Å². The smallest absolute Gasteiger partial charge is 0.137 e. The Balaban J connectivity index is 1.79. The number of aliphatic hydroxyl groups is 1. The molecule has 0 unspecified atom stereocenters. The molecule has 0 aliphatic heterocycles. The first-order valence-electron chi connectivity index (χ1n) is 10.5. The van der Waals surface area contributed by atoms with Crippen LogP contribution in [0.2, 0.25) is 0 Å². The van der Waals surface area contributed by atoms with Gasteiger partial charge in [0.15, 0.2) is 0 Å². The molecule has 4 rings (SSSR count). The molecule has 0 bridgehead atoms. The van der Waals surface area contributed by atoms with Crippen molar-refractivity contribution in [1.82, 2.24) is 0 Å². The molecule has 1 N–H and O–H groups in total. The van der Waals surface area contributed by atoms with E-state index in [0.29, 0.717) is 25.7 Å². The SMILES string of the molecule is [2H][13C]([2H])([2H])[C@H]1CC2=C(CCC(=O)C2)[C@H]2CC[C@@]3(C)[C@@H](CC[C@@]3(O)C#C)[C@@H]21. The molecule has 4 aliphatic rings. The van der Waals surface area contributed by atoms with Gasteiger partial charge in [-0.2, -0.15) is 0 Å². The molecule has 4 aliphatic carbocycles. The third-order valence-electron chi connectivity index (χ3n) is 7.64. The number of terminal acetylenes is 1. The first kappa shape index (κ1) is 12.3. The zero-order valence-electron chi connectivity index (χ0n) is 16.9. The molecule has 2 nitrogen and oxygen atoms in total. The van der Waals surface area contributed by atoms with Crippen molar-refractivity contribution in [2.75, 3.05) is 0 Å². The van der Waals surface area contributed by atoms with Gasteiger partial charge in [0, 0.05) is 22.4 Å². The fourth-order valence-electron chi connectivity index (χ4n) is 6.36. The van der Waals surface area contributed by atoms with E-state index in [1.165, 1.54) is 5.57 Å². The van der Waals surface area contributed by atoms with Gasteiger partial charge < -0.3 is 5.11 Å². The molecular formula is C21H28O2. The molecule has 6 atom stereocenters. The summed E-state index contributed by atoms with van der Waals surface area (Å²) in [6.07, 6.45) is 11.1. The summed E-state index contributed by atoms with van der Waals surface area (Å²) < 4.78 is 24.6. The number of rotatable bonds is 0. The summed E-state index contributed by atoms with van der Waals surface area (Å²) in [5.41, 5.74) is 0.944. The number of carbonyl (C=O) groups is 1. The van der Waals surface area contributed by atoms with Crippen molar-refractivity contribution in [3.63, 3.8) is 0 Å². The second-order valence-corrected chi connectivity index (χ2v) is 8.44. The highest BCUT2D eigenvalue weighted by atomic mass is 16.3. The van der Waals surface area contributed by atoms with E-state index in [4.69, 9.17) is 10.5 Å². The molecular weight excluding hydrogens is 285 g/mol. The molecule has 2 saturated carbocycles. The maximum atomic E-state index is 12.0. The molecule has 2 fully saturated rings. The number of hydrogen-bond donors (Lipinski definition) is 1. The van der Waals surface area contributed by atoms with Crippen LogP contribution in [0.4, 0.5) is 0 Å². The van der Waals surface area contributed by atoms with E-state index in [2.05, 4.69) is 12.8 Å². The van der Waals surface area contributed by atoms with Crippen molar-refractivity contribution < 1.29 is 14.0 Å². The molecule has 0 radical (unpaired) electrons. The van der Waals surface area contributed by atoms with Crippen molar-refractivity contribution in [1.29, 1.82) is 0 Å². The van der Waals surface area contributed by atoms with Crippen LogP contribution in [-0.2, 0) is 4.79 Å². The first-order valence-corrected chi connectivity index (χ1v) is 9.03. The van der Waals surface area contributed by atoms with Crippen molar-refractivity contribution in [3.05, 3.63) is 11.1 Å². The van der Waals surface area contributed by atoms with Crippen LogP contribution in [0.15, 0.2) is 11.1 Å². The molecule has 0 amide bonds. The Labute approximate surface area is 143 Å². The van der Waals surface area contributed by atoms with E-state index < -0.39 is 23.8 Å². The van der Waals surface area contributed by atoms with Crippen molar-refractivity contribution in [3.8, 4) is 12.3 Å². The van der Waals surface area contributed by atoms with Crippen LogP contribution in [0.5, 0.6) is 0 Å². The third kappa shape index (κ3) is 1.96. The quantitative estimate of drug-likeness (QED) is 0.418. The van der Waals surface area contributed by atoms with Gasteiger partial charge in [-0.25, -0.2) is 0 Å². The van der Waals surface area contributed by atoms with Crippen LogP contribution in [0.25, 0.3) is 0 Å². The number of fused-ring (bicyclic) bond motifs is 4. The minimum atomic E-state index is -2.04. The lowest BCUT2D eigenvalue weighted by Gasteiger charge is -2.55. The average Bonchev–Trinajstić information content (AvgIpc) is 2.85. The second-order valence-electron chi connectivity index (χ2n) is 8.44. The van der Waals surface area contributed by atoms with Gasteiger partial charge in [0.1, 0.15) is 11.4 Å². The lowest BCUT2D eigenvalue weighted by Crippen LogP contribution is -2.52. The summed E-state index contributed by atoms with van der Waals surface area (Å²) in [4.78, 5) is 12.0. The highest BCUT2D eigenvalue weighted by molar-refractivity contribution is 5.82. The van der Waals surface area contributed by atoms with E-state index >= 15 is 0 Å². The predicted molar refractivity (Wildman–Crippen MR) is 90.5 cm³/mol. The van der Waals surface area contributed by atoms with Crippen LogP contribution >= 0.6 is 0 Å². The van der Waals surface area contributed by atoms with Crippen LogP contribution in [0.3, 0.4) is 0 Å². The highest BCUT2D eigenvalue weighted by Crippen LogP contribution is 2.65. The van der Waals surface area contributed by atoms with Crippen LogP contribution < -0.4 is 0 Å². The van der Waals surface area contributed by atoms with Crippen molar-refractivity contribution in [2.45, 2.75) is 70.7 Å². The van der Waals surface area contributed by atoms with Gasteiger partial charge in [-0.05, 0) is 62.2 Å². The lowest BCUT2D eigenvalue weighted by atomic mass is 9.51. The van der Waals surface area contributed by atoms with E-state index in [1.807, 2.05) is 0 Å². The average molecular weight is 316 g/mol. The predicted octanol–water partition coefficient (Wildman–Crippen LogP) is 3.88. The van der Waals surface area contributed by atoms with Gasteiger partial charge in [0.05, 0.1) is 0 Å².